The van der Waals surface area contributed by atoms with Crippen LogP contribution >= 0.6 is 19.8 Å². The summed E-state index contributed by atoms with van der Waals surface area (Å²) in [4.78, 5) is 9.88. The van der Waals surface area contributed by atoms with Crippen LogP contribution in [0.3, 0.4) is 0 Å². The summed E-state index contributed by atoms with van der Waals surface area (Å²) in [5.41, 5.74) is 7.36. The molecular weight excluding hydrogens is 779 g/mol. The maximum absolute atomic E-state index is 15.8. The van der Waals surface area contributed by atoms with Gasteiger partial charge in [-0.3, -0.25) is 22.9 Å². The van der Waals surface area contributed by atoms with Crippen LogP contribution in [0.15, 0.2) is 196 Å². The third kappa shape index (κ3) is 5.30. The lowest BCUT2D eigenvalue weighted by atomic mass is 9.99. The molecule has 0 fully saturated rings. The van der Waals surface area contributed by atoms with Crippen molar-refractivity contribution < 1.29 is 8.95 Å². The molecule has 5 nitrogen and oxygen atoms in total. The summed E-state index contributed by atoms with van der Waals surface area (Å²) >= 11 is 0. The molecule has 0 aliphatic carbocycles. The Bertz CT molecular complexity index is 3080. The highest BCUT2D eigenvalue weighted by atomic mass is 32.3. The fraction of sp³-hybridized carbons (Fsp3) is 0.104. The lowest BCUT2D eigenvalue weighted by molar-refractivity contribution is 0.441. The number of thiol groups is 1. The molecule has 7 aromatic carbocycles. The molecule has 59 heavy (non-hydrogen) atoms. The maximum Gasteiger partial charge on any atom is 0.220 e. The Morgan fingerprint density at radius 2 is 1.22 bits per heavy atom. The van der Waals surface area contributed by atoms with Crippen LogP contribution in [0.1, 0.15) is 25.0 Å². The predicted molar refractivity (Wildman–Crippen MR) is 261 cm³/mol. The Morgan fingerprint density at radius 3 is 1.92 bits per heavy atom. The highest BCUT2D eigenvalue weighted by molar-refractivity contribution is 8.68. The lowest BCUT2D eigenvalue weighted by Crippen LogP contribution is -2.50. The number of nitrogens with zero attached hydrogens (tertiary/aromatic N) is 3. The van der Waals surface area contributed by atoms with Gasteiger partial charge in [-0.15, -0.1) is 19.8 Å². The number of rotatable bonds is 9. The first-order chi connectivity index (χ1) is 28.7. The SMILES string of the molecule is BS(B)(CC)C1([SH](B)(=O)CC)c2ccccc2Oc2c1cccc2S(c1ccccc1)(c1ccccc1)c1cccc(-n2c3ccccc3n3c4ccccc4nc23)c1. The molecule has 0 radical (unpaired) electrons. The van der Waals surface area contributed by atoms with Gasteiger partial charge in [0.25, 0.3) is 0 Å². The quantitative estimate of drug-likeness (QED) is 0.117. The second-order valence-corrected chi connectivity index (χ2v) is 27.1. The van der Waals surface area contributed by atoms with Crippen LogP contribution < -0.4 is 4.74 Å². The minimum atomic E-state index is -2.92. The molecule has 0 N–H and O–H groups in total. The summed E-state index contributed by atoms with van der Waals surface area (Å²) in [5.74, 6) is 4.00. The molecule has 10 rings (SSSR count). The van der Waals surface area contributed by atoms with E-state index in [0.717, 1.165) is 71.7 Å². The van der Waals surface area contributed by atoms with Crippen LogP contribution in [0.25, 0.3) is 33.5 Å². The number of imidazole rings is 2. The normalized spacial score (nSPS) is 16.4. The summed E-state index contributed by atoms with van der Waals surface area (Å²) in [5, 5.41) is 0. The molecule has 0 bridgehead atoms. The zero-order valence-electron chi connectivity index (χ0n) is 34.1. The van der Waals surface area contributed by atoms with Gasteiger partial charge >= 0.3 is 0 Å². The van der Waals surface area contributed by atoms with Crippen molar-refractivity contribution in [3.63, 3.8) is 0 Å². The molecule has 0 saturated carbocycles. The number of aromatic nitrogens is 3. The smallest absolute Gasteiger partial charge is 0.220 e. The highest BCUT2D eigenvalue weighted by Crippen LogP contribution is 2.78. The first-order valence-corrected chi connectivity index (χ1v) is 26.9. The standard InChI is InChI=1S/C48H46B3N3O2S3/c1-3-57(49,50)48(58(51,55)4-2)38-25-11-16-31-44(38)56-46-39(48)26-18-32-45(46)59(35-20-7-5-8-21-35,36-22-9-6-10-23-36)37-24-17-19-34(33-37)53-42-29-14-15-30-43(42)54-41-28-13-12-27-40(41)52-47(53)54/h5-33,58H,3-4,49-51H2,1-2H3. The van der Waals surface area contributed by atoms with Crippen LogP contribution in [0.2, 0.25) is 0 Å². The van der Waals surface area contributed by atoms with E-state index in [9.17, 15) is 0 Å². The number of hydrogen-bond acceptors (Lipinski definition) is 3. The Kier molecular flexibility index (Phi) is 9.09. The Morgan fingerprint density at radius 1 is 0.644 bits per heavy atom. The van der Waals surface area contributed by atoms with E-state index in [1.54, 1.807) is 0 Å². The largest absolute Gasteiger partial charge is 0.455 e. The van der Waals surface area contributed by atoms with Gasteiger partial charge in [0.05, 0.1) is 31.8 Å². The fourth-order valence-electron chi connectivity index (χ4n) is 9.74. The van der Waals surface area contributed by atoms with Crippen molar-refractivity contribution >= 4 is 78.8 Å². The third-order valence-corrected chi connectivity index (χ3v) is 25.7. The molecular formula is C48H46B3N3O2S3. The summed E-state index contributed by atoms with van der Waals surface area (Å²) in [6.45, 7) is 4.38. The summed E-state index contributed by atoms with van der Waals surface area (Å²) in [7, 11) is 0.0324. The van der Waals surface area contributed by atoms with Crippen molar-refractivity contribution in [3.8, 4) is 17.2 Å². The number of hydrogen-bond donors (Lipinski definition) is 1. The molecule has 1 atom stereocenters. The van der Waals surface area contributed by atoms with Crippen molar-refractivity contribution in [1.82, 2.24) is 14.0 Å². The van der Waals surface area contributed by atoms with Crippen LogP contribution in [-0.4, -0.2) is 51.0 Å². The summed E-state index contributed by atoms with van der Waals surface area (Å²) < 4.78 is 27.0. The van der Waals surface area contributed by atoms with Gasteiger partial charge in [0.15, 0.2) is 7.12 Å². The number of para-hydroxylation sites is 6. The Hall–Kier alpha value is -5.35. The van der Waals surface area contributed by atoms with E-state index in [1.165, 1.54) is 9.79 Å². The first-order valence-electron chi connectivity index (χ1n) is 20.3. The van der Waals surface area contributed by atoms with E-state index in [1.807, 2.05) is 0 Å². The van der Waals surface area contributed by atoms with Crippen molar-refractivity contribution in [2.75, 3.05) is 11.5 Å². The van der Waals surface area contributed by atoms with Crippen LogP contribution in [0.4, 0.5) is 0 Å². The van der Waals surface area contributed by atoms with Crippen molar-refractivity contribution in [3.05, 3.63) is 187 Å². The molecule has 11 heteroatoms. The second-order valence-electron chi connectivity index (χ2n) is 15.9. The van der Waals surface area contributed by atoms with Gasteiger partial charge in [0.2, 0.25) is 5.78 Å². The van der Waals surface area contributed by atoms with Crippen molar-refractivity contribution in [2.24, 2.45) is 0 Å². The van der Waals surface area contributed by atoms with E-state index < -0.39 is 33.6 Å². The minimum Gasteiger partial charge on any atom is -0.455 e. The molecule has 0 amide bonds. The van der Waals surface area contributed by atoms with E-state index in [-0.39, 0.29) is 0 Å². The van der Waals surface area contributed by atoms with Crippen molar-refractivity contribution in [2.45, 2.75) is 37.5 Å². The first kappa shape index (κ1) is 37.9. The molecule has 2 aromatic heterocycles. The molecule has 0 spiro atoms. The minimum absolute atomic E-state index is 0.584. The maximum atomic E-state index is 15.8. The summed E-state index contributed by atoms with van der Waals surface area (Å²) in [6.07, 6.45) is 0. The monoisotopic (exact) mass is 825 g/mol. The Balaban J connectivity index is 1.34. The van der Waals surface area contributed by atoms with Gasteiger partial charge in [-0.05, 0) is 90.4 Å². The third-order valence-electron chi connectivity index (χ3n) is 12.7. The van der Waals surface area contributed by atoms with Crippen LogP contribution in [-0.2, 0) is 13.9 Å². The zero-order valence-corrected chi connectivity index (χ0v) is 36.6. The molecule has 1 aliphatic rings. The number of benzene rings is 7. The fourth-order valence-corrected chi connectivity index (χ4v) is 22.5. The van der Waals surface area contributed by atoms with Crippen LogP contribution in [0.5, 0.6) is 11.5 Å². The lowest BCUT2D eigenvalue weighted by Gasteiger charge is -2.60. The molecule has 1 aliphatic heterocycles. The Labute approximate surface area is 352 Å². The van der Waals surface area contributed by atoms with E-state index >= 15 is 4.21 Å². The van der Waals surface area contributed by atoms with Gasteiger partial charge in [0, 0.05) is 30.7 Å². The van der Waals surface area contributed by atoms with Gasteiger partial charge < -0.3 is 4.74 Å². The summed E-state index contributed by atoms with van der Waals surface area (Å²) in [6, 6.07) is 63.1. The van der Waals surface area contributed by atoms with Crippen LogP contribution in [0, 0.1) is 0 Å². The van der Waals surface area contributed by atoms with Gasteiger partial charge in [-0.25, -0.2) is 4.98 Å². The van der Waals surface area contributed by atoms with Crippen molar-refractivity contribution in [1.29, 1.82) is 0 Å². The predicted octanol–water partition coefficient (Wildman–Crippen LogP) is 9.58. The molecule has 3 heterocycles. The highest BCUT2D eigenvalue weighted by Gasteiger charge is 2.56. The average molecular weight is 826 g/mol. The molecule has 1 unspecified atom stereocenters. The topological polar surface area (TPSA) is 48.5 Å². The zero-order chi connectivity index (χ0) is 40.6. The van der Waals surface area contributed by atoms with Gasteiger partial charge in [-0.1, -0.05) is 111 Å². The number of ether oxygens (including phenoxy) is 1. The van der Waals surface area contributed by atoms with Gasteiger partial charge in [0.1, 0.15) is 25.7 Å². The average Bonchev–Trinajstić information content (AvgIpc) is 3.81. The molecule has 292 valence electrons. The van der Waals surface area contributed by atoms with E-state index in [0.29, 0.717) is 5.75 Å². The number of fused-ring (bicyclic) bond motifs is 7. The van der Waals surface area contributed by atoms with Gasteiger partial charge in [-0.2, -0.15) is 0 Å². The molecule has 9 aromatic rings. The van der Waals surface area contributed by atoms with E-state index in [4.69, 9.17) is 9.72 Å². The molecule has 0 saturated heterocycles. The van der Waals surface area contributed by atoms with E-state index in [2.05, 4.69) is 220 Å². The second kappa shape index (κ2) is 14.1.